The quantitative estimate of drug-likeness (QED) is 0.496. The van der Waals surface area contributed by atoms with Gasteiger partial charge in [-0.1, -0.05) is 0 Å². The number of hydrogen-bond donors (Lipinski definition) is 0. The molecule has 12 heavy (non-hydrogen) atoms. The second-order valence-corrected chi connectivity index (χ2v) is 2.89. The number of esters is 2. The molecule has 0 N–H and O–H groups in total. The fourth-order valence-electron chi connectivity index (χ4n) is 0.616. The van der Waals surface area contributed by atoms with E-state index in [1.807, 2.05) is 0 Å². The lowest BCUT2D eigenvalue weighted by molar-refractivity contribution is -0.135. The van der Waals surface area contributed by atoms with Crippen LogP contribution in [-0.2, 0) is 9.53 Å². The Hall–Kier alpha value is -1.23. The summed E-state index contributed by atoms with van der Waals surface area (Å²) in [6, 6.07) is 1.14. The molecule has 1 rings (SSSR count). The lowest BCUT2D eigenvalue weighted by Crippen LogP contribution is -2.08. The molecule has 0 spiro atoms. The molecule has 1 heterocycles. The molecular weight excluding hydrogens is 183 g/mol. The minimum Gasteiger partial charge on any atom is -0.389 e. The number of rotatable bonds is 1. The first-order valence-electron chi connectivity index (χ1n) is 3.07. The van der Waals surface area contributed by atoms with Crippen LogP contribution in [0.3, 0.4) is 0 Å². The molecule has 0 aliphatic carbocycles. The first kappa shape index (κ1) is 8.86. The summed E-state index contributed by atoms with van der Waals surface area (Å²) in [5.74, 6) is -2.34. The maximum Gasteiger partial charge on any atom is 0.359 e. The van der Waals surface area contributed by atoms with Crippen molar-refractivity contribution in [2.24, 2.45) is 0 Å². The second kappa shape index (κ2) is 3.44. The summed E-state index contributed by atoms with van der Waals surface area (Å²) < 4.78 is 16.8. The Balaban J connectivity index is 2.78. The summed E-state index contributed by atoms with van der Waals surface area (Å²) in [4.78, 5) is 21.0. The lowest BCUT2D eigenvalue weighted by Gasteiger charge is -1.95. The summed E-state index contributed by atoms with van der Waals surface area (Å²) in [7, 11) is 0. The van der Waals surface area contributed by atoms with Gasteiger partial charge in [-0.3, -0.25) is 4.79 Å². The van der Waals surface area contributed by atoms with E-state index in [-0.39, 0.29) is 4.88 Å². The smallest absolute Gasteiger partial charge is 0.359 e. The van der Waals surface area contributed by atoms with Crippen molar-refractivity contribution in [1.82, 2.24) is 0 Å². The molecule has 0 saturated heterocycles. The minimum absolute atomic E-state index is 0.176. The zero-order chi connectivity index (χ0) is 9.14. The molecule has 0 saturated carbocycles. The van der Waals surface area contributed by atoms with E-state index in [1.165, 1.54) is 5.38 Å². The lowest BCUT2D eigenvalue weighted by atomic mass is 10.4. The monoisotopic (exact) mass is 188 g/mol. The first-order chi connectivity index (χ1) is 5.61. The number of hydrogen-bond acceptors (Lipinski definition) is 4. The summed E-state index contributed by atoms with van der Waals surface area (Å²) in [6.45, 7) is 1.09. The van der Waals surface area contributed by atoms with E-state index in [0.717, 1.165) is 24.3 Å². The SMILES string of the molecule is CC(=O)OC(=O)c1sccc1F. The minimum atomic E-state index is -0.935. The largest absolute Gasteiger partial charge is 0.389 e. The van der Waals surface area contributed by atoms with Gasteiger partial charge >= 0.3 is 11.9 Å². The van der Waals surface area contributed by atoms with Crippen molar-refractivity contribution >= 4 is 23.3 Å². The standard InChI is InChI=1S/C7H5FO3S/c1-4(9)11-7(10)6-5(8)2-3-12-6/h2-3H,1H3. The Bertz CT molecular complexity index is 318. The van der Waals surface area contributed by atoms with Crippen LogP contribution in [0.4, 0.5) is 4.39 Å². The van der Waals surface area contributed by atoms with Gasteiger partial charge in [0.1, 0.15) is 10.7 Å². The summed E-state index contributed by atoms with van der Waals surface area (Å²) in [5, 5.41) is 1.41. The third-order valence-electron chi connectivity index (χ3n) is 1.04. The van der Waals surface area contributed by atoms with Gasteiger partial charge in [0.25, 0.3) is 0 Å². The average molecular weight is 188 g/mol. The average Bonchev–Trinajstić information content (AvgIpc) is 2.33. The van der Waals surface area contributed by atoms with E-state index in [4.69, 9.17) is 0 Å². The molecule has 0 radical (unpaired) electrons. The van der Waals surface area contributed by atoms with E-state index in [0.29, 0.717) is 0 Å². The summed E-state index contributed by atoms with van der Waals surface area (Å²) in [5.41, 5.74) is 0. The molecule has 0 bridgehead atoms. The third-order valence-corrected chi connectivity index (χ3v) is 1.91. The van der Waals surface area contributed by atoms with Crippen LogP contribution in [0.5, 0.6) is 0 Å². The van der Waals surface area contributed by atoms with Gasteiger partial charge in [0.15, 0.2) is 0 Å². The van der Waals surface area contributed by atoms with Gasteiger partial charge in [-0.2, -0.15) is 0 Å². The maximum absolute atomic E-state index is 12.6. The van der Waals surface area contributed by atoms with Crippen LogP contribution in [0.15, 0.2) is 11.4 Å². The van der Waals surface area contributed by atoms with Crippen molar-refractivity contribution in [2.75, 3.05) is 0 Å². The van der Waals surface area contributed by atoms with Crippen molar-refractivity contribution in [3.8, 4) is 0 Å². The molecule has 0 amide bonds. The Morgan fingerprint density at radius 2 is 2.25 bits per heavy atom. The predicted molar refractivity (Wildman–Crippen MR) is 40.4 cm³/mol. The molecular formula is C7H5FO3S. The summed E-state index contributed by atoms with van der Waals surface area (Å²) in [6.07, 6.45) is 0. The molecule has 0 atom stereocenters. The highest BCUT2D eigenvalue weighted by atomic mass is 32.1. The van der Waals surface area contributed by atoms with Crippen LogP contribution in [-0.4, -0.2) is 11.9 Å². The van der Waals surface area contributed by atoms with Gasteiger partial charge in [0, 0.05) is 6.92 Å². The number of carbonyl (C=O) groups excluding carboxylic acids is 2. The fourth-order valence-corrected chi connectivity index (χ4v) is 1.26. The van der Waals surface area contributed by atoms with Gasteiger partial charge in [0.05, 0.1) is 0 Å². The fraction of sp³-hybridized carbons (Fsp3) is 0.143. The van der Waals surface area contributed by atoms with Crippen LogP contribution < -0.4 is 0 Å². The Labute approximate surface area is 71.8 Å². The number of carbonyl (C=O) groups is 2. The zero-order valence-electron chi connectivity index (χ0n) is 6.17. The molecule has 0 aromatic carbocycles. The van der Waals surface area contributed by atoms with E-state index in [1.54, 1.807) is 0 Å². The molecule has 0 fully saturated rings. The van der Waals surface area contributed by atoms with Crippen LogP contribution >= 0.6 is 11.3 Å². The van der Waals surface area contributed by atoms with Crippen LogP contribution in [0.2, 0.25) is 0 Å². The van der Waals surface area contributed by atoms with E-state index in [9.17, 15) is 14.0 Å². The zero-order valence-corrected chi connectivity index (χ0v) is 6.98. The molecule has 0 aliphatic heterocycles. The Kier molecular flexibility index (Phi) is 2.54. The van der Waals surface area contributed by atoms with E-state index < -0.39 is 17.8 Å². The van der Waals surface area contributed by atoms with Crippen LogP contribution in [0, 0.1) is 5.82 Å². The molecule has 0 aliphatic rings. The highest BCUT2D eigenvalue weighted by Gasteiger charge is 2.15. The normalized spacial score (nSPS) is 9.50. The molecule has 5 heteroatoms. The van der Waals surface area contributed by atoms with Gasteiger partial charge in [-0.05, 0) is 11.4 Å². The highest BCUT2D eigenvalue weighted by molar-refractivity contribution is 7.12. The first-order valence-corrected chi connectivity index (χ1v) is 3.95. The topological polar surface area (TPSA) is 43.4 Å². The molecule has 1 aromatic rings. The van der Waals surface area contributed by atoms with Crippen molar-refractivity contribution in [3.05, 3.63) is 22.1 Å². The van der Waals surface area contributed by atoms with Crippen LogP contribution in [0.1, 0.15) is 16.6 Å². The van der Waals surface area contributed by atoms with E-state index in [2.05, 4.69) is 4.74 Å². The number of halogens is 1. The van der Waals surface area contributed by atoms with Crippen molar-refractivity contribution in [3.63, 3.8) is 0 Å². The predicted octanol–water partition coefficient (Wildman–Crippen LogP) is 1.59. The van der Waals surface area contributed by atoms with Crippen molar-refractivity contribution < 1.29 is 18.7 Å². The molecule has 64 valence electrons. The number of thiophene rings is 1. The van der Waals surface area contributed by atoms with Crippen molar-refractivity contribution in [2.45, 2.75) is 6.92 Å². The van der Waals surface area contributed by atoms with Crippen LogP contribution in [0.25, 0.3) is 0 Å². The second-order valence-electron chi connectivity index (χ2n) is 1.98. The highest BCUT2D eigenvalue weighted by Crippen LogP contribution is 2.15. The number of ether oxygens (including phenoxy) is 1. The van der Waals surface area contributed by atoms with Gasteiger partial charge in [-0.15, -0.1) is 11.3 Å². The third kappa shape index (κ3) is 1.88. The van der Waals surface area contributed by atoms with Gasteiger partial charge in [0.2, 0.25) is 0 Å². The molecule has 1 aromatic heterocycles. The summed E-state index contributed by atoms with van der Waals surface area (Å²) >= 11 is 0.898. The van der Waals surface area contributed by atoms with Gasteiger partial charge in [-0.25, -0.2) is 9.18 Å². The Morgan fingerprint density at radius 1 is 1.58 bits per heavy atom. The Morgan fingerprint density at radius 3 is 2.67 bits per heavy atom. The van der Waals surface area contributed by atoms with E-state index >= 15 is 0 Å². The maximum atomic E-state index is 12.6. The molecule has 0 unspecified atom stereocenters. The van der Waals surface area contributed by atoms with Crippen molar-refractivity contribution in [1.29, 1.82) is 0 Å². The van der Waals surface area contributed by atoms with Gasteiger partial charge < -0.3 is 4.74 Å². The molecule has 3 nitrogen and oxygen atoms in total.